The van der Waals surface area contributed by atoms with Gasteiger partial charge in [-0.15, -0.1) is 0 Å². The molecule has 0 unspecified atom stereocenters. The summed E-state index contributed by atoms with van der Waals surface area (Å²) in [6.07, 6.45) is 1.93. The number of hydrogen-bond donors (Lipinski definition) is 1. The molecule has 0 atom stereocenters. The van der Waals surface area contributed by atoms with Crippen LogP contribution in [0.4, 0.5) is 10.5 Å². The lowest BCUT2D eigenvalue weighted by Gasteiger charge is -2.26. The molecule has 0 aliphatic heterocycles. The summed E-state index contributed by atoms with van der Waals surface area (Å²) in [4.78, 5) is 14.4. The Morgan fingerprint density at radius 2 is 1.77 bits per heavy atom. The number of nitrogens with one attached hydrogen (secondary N) is 1. The van der Waals surface area contributed by atoms with Crippen molar-refractivity contribution in [1.29, 1.82) is 0 Å². The van der Waals surface area contributed by atoms with Crippen molar-refractivity contribution in [3.8, 4) is 0 Å². The van der Waals surface area contributed by atoms with E-state index in [2.05, 4.69) is 5.32 Å². The second kappa shape index (κ2) is 6.01. The monoisotopic (exact) mass is 314 g/mol. The van der Waals surface area contributed by atoms with Crippen molar-refractivity contribution >= 4 is 23.3 Å². The molecule has 2 aromatic rings. The third-order valence-corrected chi connectivity index (χ3v) is 4.37. The normalized spacial score (nSPS) is 15.2. The highest BCUT2D eigenvalue weighted by atomic mass is 35.5. The molecule has 1 saturated carbocycles. The predicted octanol–water partition coefficient (Wildman–Crippen LogP) is 4.57. The van der Waals surface area contributed by atoms with Crippen LogP contribution in [0.3, 0.4) is 0 Å². The van der Waals surface area contributed by atoms with Crippen LogP contribution in [0.5, 0.6) is 0 Å². The van der Waals surface area contributed by atoms with Crippen LogP contribution >= 0.6 is 11.6 Å². The molecule has 0 spiro atoms. The number of amides is 2. The summed E-state index contributed by atoms with van der Waals surface area (Å²) in [6, 6.07) is 17.4. The zero-order valence-corrected chi connectivity index (χ0v) is 13.3. The van der Waals surface area contributed by atoms with Gasteiger partial charge in [-0.25, -0.2) is 4.79 Å². The number of halogens is 1. The van der Waals surface area contributed by atoms with Crippen LogP contribution in [0.2, 0.25) is 5.02 Å². The number of nitrogens with zero attached hydrogens (tertiary/aromatic N) is 1. The van der Waals surface area contributed by atoms with E-state index in [0.717, 1.165) is 24.1 Å². The van der Waals surface area contributed by atoms with Gasteiger partial charge in [0, 0.05) is 17.3 Å². The quantitative estimate of drug-likeness (QED) is 0.881. The van der Waals surface area contributed by atoms with Gasteiger partial charge in [0.2, 0.25) is 0 Å². The lowest BCUT2D eigenvalue weighted by atomic mass is 10.1. The predicted molar refractivity (Wildman–Crippen MR) is 90.4 cm³/mol. The largest absolute Gasteiger partial charge is 0.328 e. The molecular weight excluding hydrogens is 296 g/mol. The van der Waals surface area contributed by atoms with Crippen LogP contribution in [0.25, 0.3) is 0 Å². The van der Waals surface area contributed by atoms with Crippen molar-refractivity contribution in [3.63, 3.8) is 0 Å². The molecule has 22 heavy (non-hydrogen) atoms. The van der Waals surface area contributed by atoms with Crippen LogP contribution in [0, 0.1) is 0 Å². The summed E-state index contributed by atoms with van der Waals surface area (Å²) in [5.74, 6) is 0. The summed E-state index contributed by atoms with van der Waals surface area (Å²) in [5, 5.41) is 3.91. The minimum Gasteiger partial charge on any atom is -0.328 e. The lowest BCUT2D eigenvalue weighted by molar-refractivity contribution is 0.241. The van der Waals surface area contributed by atoms with Crippen molar-refractivity contribution in [2.75, 3.05) is 11.4 Å². The number of urea groups is 1. The Hall–Kier alpha value is -2.00. The fraction of sp³-hybridized carbons (Fsp3) is 0.278. The van der Waals surface area contributed by atoms with Gasteiger partial charge in [-0.1, -0.05) is 41.9 Å². The van der Waals surface area contributed by atoms with Crippen molar-refractivity contribution in [2.24, 2.45) is 0 Å². The molecule has 0 saturated heterocycles. The van der Waals surface area contributed by atoms with Gasteiger partial charge in [0.1, 0.15) is 0 Å². The first-order chi connectivity index (χ1) is 10.6. The fourth-order valence-electron chi connectivity index (χ4n) is 2.70. The first kappa shape index (κ1) is 14.9. The van der Waals surface area contributed by atoms with Crippen molar-refractivity contribution in [3.05, 3.63) is 65.2 Å². The number of anilines is 1. The van der Waals surface area contributed by atoms with Gasteiger partial charge in [-0.2, -0.15) is 0 Å². The zero-order valence-electron chi connectivity index (χ0n) is 12.6. The van der Waals surface area contributed by atoms with E-state index in [-0.39, 0.29) is 11.6 Å². The van der Waals surface area contributed by atoms with Crippen molar-refractivity contribution in [1.82, 2.24) is 5.32 Å². The van der Waals surface area contributed by atoms with E-state index in [1.807, 2.05) is 61.5 Å². The molecule has 0 aromatic heterocycles. The van der Waals surface area contributed by atoms with E-state index in [4.69, 9.17) is 11.6 Å². The van der Waals surface area contributed by atoms with Crippen molar-refractivity contribution in [2.45, 2.75) is 25.3 Å². The minimum absolute atomic E-state index is 0.0545. The van der Waals surface area contributed by atoms with E-state index < -0.39 is 0 Å². The number of hydrogen-bond acceptors (Lipinski definition) is 1. The minimum atomic E-state index is -0.232. The number of rotatable bonds is 4. The highest BCUT2D eigenvalue weighted by molar-refractivity contribution is 6.30. The molecular formula is C18H19ClN2O. The molecule has 1 aliphatic rings. The Morgan fingerprint density at radius 1 is 1.14 bits per heavy atom. The summed E-state index contributed by atoms with van der Waals surface area (Å²) < 4.78 is 0. The third kappa shape index (κ3) is 2.95. The van der Waals surface area contributed by atoms with Gasteiger partial charge < -0.3 is 5.32 Å². The molecule has 2 aromatic carbocycles. The fourth-order valence-corrected chi connectivity index (χ4v) is 2.83. The van der Waals surface area contributed by atoms with E-state index in [9.17, 15) is 4.79 Å². The number of para-hydroxylation sites is 1. The van der Waals surface area contributed by atoms with Gasteiger partial charge in [-0.3, -0.25) is 4.90 Å². The van der Waals surface area contributed by atoms with Gasteiger partial charge in [-0.05, 0) is 49.6 Å². The summed E-state index contributed by atoms with van der Waals surface area (Å²) in [5.41, 5.74) is 1.80. The summed E-state index contributed by atoms with van der Waals surface area (Å²) in [6.45, 7) is 2.61. The molecule has 1 N–H and O–H groups in total. The molecule has 2 amide bonds. The maximum atomic E-state index is 12.7. The highest BCUT2D eigenvalue weighted by Gasteiger charge is 2.46. The summed E-state index contributed by atoms with van der Waals surface area (Å²) in [7, 11) is 0. The Kier molecular flexibility index (Phi) is 4.08. The average molecular weight is 315 g/mol. The molecule has 1 fully saturated rings. The van der Waals surface area contributed by atoms with Crippen LogP contribution < -0.4 is 10.2 Å². The highest BCUT2D eigenvalue weighted by Crippen LogP contribution is 2.45. The standard InChI is InChI=1S/C18H19ClN2O/c1-2-21(16-6-4-3-5-7-16)17(22)20-18(12-13-18)14-8-10-15(19)11-9-14/h3-11H,2,12-13H2,1H3,(H,20,22). The smallest absolute Gasteiger partial charge is 0.322 e. The first-order valence-corrected chi connectivity index (χ1v) is 7.93. The van der Waals surface area contributed by atoms with E-state index in [0.29, 0.717) is 11.6 Å². The van der Waals surface area contributed by atoms with E-state index >= 15 is 0 Å². The molecule has 3 rings (SSSR count). The molecule has 0 heterocycles. The SMILES string of the molecule is CCN(C(=O)NC1(c2ccc(Cl)cc2)CC1)c1ccccc1. The Balaban J connectivity index is 1.77. The van der Waals surface area contributed by atoms with E-state index in [1.165, 1.54) is 0 Å². The van der Waals surface area contributed by atoms with Crippen LogP contribution in [0.1, 0.15) is 25.3 Å². The molecule has 3 nitrogen and oxygen atoms in total. The first-order valence-electron chi connectivity index (χ1n) is 7.55. The third-order valence-electron chi connectivity index (χ3n) is 4.12. The Morgan fingerprint density at radius 3 is 2.32 bits per heavy atom. The molecule has 0 bridgehead atoms. The maximum absolute atomic E-state index is 12.7. The van der Waals surface area contributed by atoms with Gasteiger partial charge in [0.15, 0.2) is 0 Å². The number of carbonyl (C=O) groups is 1. The van der Waals surface area contributed by atoms with Crippen LogP contribution in [-0.4, -0.2) is 12.6 Å². The number of carbonyl (C=O) groups excluding carboxylic acids is 1. The Labute approximate surface area is 135 Å². The van der Waals surface area contributed by atoms with E-state index in [1.54, 1.807) is 4.90 Å². The van der Waals surface area contributed by atoms with Crippen molar-refractivity contribution < 1.29 is 4.79 Å². The van der Waals surface area contributed by atoms with Gasteiger partial charge in [0.25, 0.3) is 0 Å². The average Bonchev–Trinajstić information content (AvgIpc) is 3.30. The number of benzene rings is 2. The molecule has 4 heteroatoms. The Bertz CT molecular complexity index is 651. The molecule has 114 valence electrons. The topological polar surface area (TPSA) is 32.3 Å². The summed E-state index contributed by atoms with van der Waals surface area (Å²) >= 11 is 5.95. The zero-order chi connectivity index (χ0) is 15.6. The van der Waals surface area contributed by atoms with Gasteiger partial charge in [0.05, 0.1) is 5.54 Å². The lowest BCUT2D eigenvalue weighted by Crippen LogP contribution is -2.45. The van der Waals surface area contributed by atoms with Gasteiger partial charge >= 0.3 is 6.03 Å². The van der Waals surface area contributed by atoms with Crippen LogP contribution in [0.15, 0.2) is 54.6 Å². The van der Waals surface area contributed by atoms with Crippen LogP contribution in [-0.2, 0) is 5.54 Å². The second-order valence-corrected chi connectivity index (χ2v) is 6.04. The molecule has 1 aliphatic carbocycles. The second-order valence-electron chi connectivity index (χ2n) is 5.60. The molecule has 0 radical (unpaired) electrons. The maximum Gasteiger partial charge on any atom is 0.322 e.